The molecule has 130 valence electrons. The summed E-state index contributed by atoms with van der Waals surface area (Å²) in [5, 5.41) is 6.20. The normalized spacial score (nSPS) is 14.7. The Morgan fingerprint density at radius 1 is 0.957 bits per heavy atom. The van der Waals surface area contributed by atoms with Gasteiger partial charge in [-0.25, -0.2) is 0 Å². The molecule has 0 bridgehead atoms. The summed E-state index contributed by atoms with van der Waals surface area (Å²) in [6.07, 6.45) is 2.06. The van der Waals surface area contributed by atoms with Gasteiger partial charge >= 0.3 is 0 Å². The number of ketones is 1. The van der Waals surface area contributed by atoms with E-state index in [9.17, 15) is 9.59 Å². The lowest BCUT2D eigenvalue weighted by molar-refractivity contribution is -0.121. The molecule has 0 aromatic carbocycles. The molecule has 0 spiro atoms. The molecule has 0 aliphatic carbocycles. The number of halogens is 1. The zero-order chi connectivity index (χ0) is 18.4. The van der Waals surface area contributed by atoms with Crippen LogP contribution in [0.25, 0.3) is 20.9 Å². The Bertz CT molecular complexity index is 470. The van der Waals surface area contributed by atoms with Crippen LogP contribution in [0, 0.1) is 11.8 Å². The van der Waals surface area contributed by atoms with Gasteiger partial charge in [0.1, 0.15) is 11.8 Å². The fourth-order valence-corrected chi connectivity index (χ4v) is 1.90. The van der Waals surface area contributed by atoms with E-state index in [4.69, 9.17) is 22.7 Å². The van der Waals surface area contributed by atoms with Crippen molar-refractivity contribution in [3.63, 3.8) is 0 Å². The Labute approximate surface area is 141 Å². The van der Waals surface area contributed by atoms with E-state index >= 15 is 0 Å². The van der Waals surface area contributed by atoms with Gasteiger partial charge < -0.3 is 0 Å². The Balaban J connectivity index is 0. The van der Waals surface area contributed by atoms with E-state index in [1.54, 1.807) is 6.92 Å². The third-order valence-corrected chi connectivity index (χ3v) is 3.85. The van der Waals surface area contributed by atoms with Gasteiger partial charge in [0.15, 0.2) is 0 Å². The van der Waals surface area contributed by atoms with E-state index in [2.05, 4.69) is 20.1 Å². The summed E-state index contributed by atoms with van der Waals surface area (Å²) in [4.78, 5) is 27.1. The molecule has 0 aromatic heterocycles. The third kappa shape index (κ3) is 9.79. The first kappa shape index (κ1) is 23.5. The predicted molar refractivity (Wildman–Crippen MR) is 90.9 cm³/mol. The van der Waals surface area contributed by atoms with Crippen LogP contribution >= 0.6 is 11.6 Å². The maximum atomic E-state index is 11.2. The first-order valence-corrected chi connectivity index (χ1v) is 7.98. The lowest BCUT2D eigenvalue weighted by atomic mass is 9.95. The van der Waals surface area contributed by atoms with Crippen molar-refractivity contribution in [2.45, 2.75) is 66.0 Å². The van der Waals surface area contributed by atoms with Crippen LogP contribution in [0.15, 0.2) is 10.2 Å². The van der Waals surface area contributed by atoms with Gasteiger partial charge in [-0.05, 0) is 34.5 Å². The van der Waals surface area contributed by atoms with Crippen LogP contribution < -0.4 is 0 Å². The van der Waals surface area contributed by atoms with Crippen LogP contribution in [0.3, 0.4) is 0 Å². The van der Waals surface area contributed by atoms with Crippen LogP contribution in [-0.4, -0.2) is 23.1 Å². The fraction of sp³-hybridized carbons (Fsp3) is 0.857. The summed E-state index contributed by atoms with van der Waals surface area (Å²) in [6, 6.07) is -1.18. The lowest BCUT2D eigenvalue weighted by Gasteiger charge is -2.14. The van der Waals surface area contributed by atoms with Crippen LogP contribution in [-0.2, 0) is 9.59 Å². The summed E-state index contributed by atoms with van der Waals surface area (Å²) < 4.78 is 0. The molecular formula is C14H25ClN6O2. The number of carbonyl (C=O) groups is 2. The highest BCUT2D eigenvalue weighted by Gasteiger charge is 2.21. The van der Waals surface area contributed by atoms with Crippen molar-refractivity contribution in [1.82, 2.24) is 0 Å². The van der Waals surface area contributed by atoms with Gasteiger partial charge in [-0.2, -0.15) is 0 Å². The second-order valence-corrected chi connectivity index (χ2v) is 5.57. The topological polar surface area (TPSA) is 132 Å². The number of hydrogen-bond donors (Lipinski definition) is 0. The van der Waals surface area contributed by atoms with Gasteiger partial charge in [0.2, 0.25) is 5.24 Å². The minimum Gasteiger partial charge on any atom is -0.299 e. The number of rotatable bonds is 9. The molecule has 0 aliphatic heterocycles. The molecule has 2 unspecified atom stereocenters. The Morgan fingerprint density at radius 2 is 1.35 bits per heavy atom. The van der Waals surface area contributed by atoms with Crippen molar-refractivity contribution in [3.05, 3.63) is 20.9 Å². The molecular weight excluding hydrogens is 320 g/mol. The molecule has 0 saturated carbocycles. The highest BCUT2D eigenvalue weighted by atomic mass is 35.5. The summed E-state index contributed by atoms with van der Waals surface area (Å²) in [5.41, 5.74) is 16.3. The number of Topliss-reactive ketones (excluding diaryl/α,β-unsaturated/α-hetero) is 1. The average molecular weight is 345 g/mol. The lowest BCUT2D eigenvalue weighted by Crippen LogP contribution is -2.24. The van der Waals surface area contributed by atoms with Crippen LogP contribution in [0.2, 0.25) is 0 Å². The minimum absolute atomic E-state index is 0.0101. The molecule has 0 radical (unpaired) electrons. The maximum absolute atomic E-state index is 11.2. The van der Waals surface area contributed by atoms with E-state index in [-0.39, 0.29) is 17.6 Å². The minimum atomic E-state index is -0.716. The molecule has 0 fully saturated rings. The van der Waals surface area contributed by atoms with E-state index in [1.165, 1.54) is 0 Å². The van der Waals surface area contributed by atoms with Crippen LogP contribution in [0.1, 0.15) is 53.9 Å². The second kappa shape index (κ2) is 13.9. The van der Waals surface area contributed by atoms with Crippen molar-refractivity contribution >= 4 is 22.6 Å². The van der Waals surface area contributed by atoms with E-state index in [1.807, 2.05) is 27.7 Å². The zero-order valence-electron chi connectivity index (χ0n) is 14.3. The standard InChI is InChI=1S/C8H15N3O.C6H10ClN3O/c1-4-6(3)8(10-11-9)7(12)5-2;1-3-4(2)5(6(7)11)9-10-8/h6,8H,4-5H2,1-3H3;4-5H,3H2,1-2H3/t6?,8-;4?,5-/m00/s1. The largest absolute Gasteiger partial charge is 0.299 e. The molecule has 4 atom stereocenters. The Kier molecular flexibility index (Phi) is 14.2. The molecule has 0 aliphatic rings. The Hall–Kier alpha value is -1.75. The van der Waals surface area contributed by atoms with Gasteiger partial charge in [0.25, 0.3) is 0 Å². The molecule has 0 saturated heterocycles. The first-order valence-electron chi connectivity index (χ1n) is 7.60. The van der Waals surface area contributed by atoms with Gasteiger partial charge in [-0.1, -0.05) is 57.7 Å². The van der Waals surface area contributed by atoms with Crippen molar-refractivity contribution in [2.75, 3.05) is 0 Å². The molecule has 0 heterocycles. The number of azide groups is 2. The molecule has 9 heteroatoms. The average Bonchev–Trinajstić information content (AvgIpc) is 2.55. The maximum Gasteiger partial charge on any atom is 0.230 e. The van der Waals surface area contributed by atoms with Gasteiger partial charge in [0.05, 0.1) is 6.04 Å². The zero-order valence-corrected chi connectivity index (χ0v) is 15.1. The van der Waals surface area contributed by atoms with Crippen molar-refractivity contribution in [1.29, 1.82) is 0 Å². The molecule has 0 rings (SSSR count). The van der Waals surface area contributed by atoms with Crippen LogP contribution in [0.5, 0.6) is 0 Å². The quantitative estimate of drug-likeness (QED) is 0.247. The highest BCUT2D eigenvalue weighted by Crippen LogP contribution is 2.14. The van der Waals surface area contributed by atoms with E-state index < -0.39 is 17.3 Å². The fourth-order valence-electron chi connectivity index (χ4n) is 1.65. The van der Waals surface area contributed by atoms with Crippen molar-refractivity contribution < 1.29 is 9.59 Å². The van der Waals surface area contributed by atoms with Gasteiger partial charge in [-0.3, -0.25) is 9.59 Å². The van der Waals surface area contributed by atoms with E-state index in [0.717, 1.165) is 12.8 Å². The summed E-state index contributed by atoms with van der Waals surface area (Å²) in [6.45, 7) is 9.41. The first-order chi connectivity index (χ1) is 10.8. The predicted octanol–water partition coefficient (Wildman–Crippen LogP) is 5.17. The van der Waals surface area contributed by atoms with E-state index in [0.29, 0.717) is 6.42 Å². The molecule has 0 aromatic rings. The number of hydrogen-bond acceptors (Lipinski definition) is 4. The molecule has 8 nitrogen and oxygen atoms in total. The summed E-state index contributed by atoms with van der Waals surface area (Å²) in [7, 11) is 0. The second-order valence-electron chi connectivity index (χ2n) is 5.19. The summed E-state index contributed by atoms with van der Waals surface area (Å²) >= 11 is 5.19. The number of nitrogens with zero attached hydrogens (tertiary/aromatic N) is 6. The van der Waals surface area contributed by atoms with Gasteiger partial charge in [0, 0.05) is 16.2 Å². The monoisotopic (exact) mass is 344 g/mol. The smallest absolute Gasteiger partial charge is 0.230 e. The molecule has 23 heavy (non-hydrogen) atoms. The highest BCUT2D eigenvalue weighted by molar-refractivity contribution is 6.64. The van der Waals surface area contributed by atoms with Crippen LogP contribution in [0.4, 0.5) is 0 Å². The molecule has 0 N–H and O–H groups in total. The van der Waals surface area contributed by atoms with Crippen molar-refractivity contribution in [2.24, 2.45) is 22.1 Å². The Morgan fingerprint density at radius 3 is 1.65 bits per heavy atom. The summed E-state index contributed by atoms with van der Waals surface area (Å²) in [5.74, 6) is 0.186. The SMILES string of the molecule is CCC(=O)[C@@H](N=[N+]=[N-])C(C)CC.CCC(C)[C@H](N=[N+]=[N-])C(=O)Cl. The van der Waals surface area contributed by atoms with Crippen molar-refractivity contribution in [3.8, 4) is 0 Å². The third-order valence-electron chi connectivity index (χ3n) is 3.63. The van der Waals surface area contributed by atoms with Gasteiger partial charge in [-0.15, -0.1) is 0 Å². The molecule has 0 amide bonds. The number of carbonyl (C=O) groups excluding carboxylic acids is 2.